The van der Waals surface area contributed by atoms with Crippen molar-refractivity contribution in [2.75, 3.05) is 10.6 Å². The molecule has 0 radical (unpaired) electrons. The molecule has 2 aromatic heterocycles. The molecule has 3 N–H and O–H groups in total. The van der Waals surface area contributed by atoms with Crippen molar-refractivity contribution in [2.45, 2.75) is 57.0 Å². The number of hydrogen-bond acceptors (Lipinski definition) is 7. The van der Waals surface area contributed by atoms with Gasteiger partial charge in [-0.25, -0.2) is 4.98 Å². The van der Waals surface area contributed by atoms with Crippen LogP contribution in [0.2, 0.25) is 0 Å². The molecule has 0 spiro atoms. The van der Waals surface area contributed by atoms with E-state index in [0.717, 1.165) is 12.4 Å². The molecule has 0 aliphatic heterocycles. The van der Waals surface area contributed by atoms with Crippen molar-refractivity contribution < 1.29 is 23.0 Å². The summed E-state index contributed by atoms with van der Waals surface area (Å²) in [5, 5.41) is 36.6. The van der Waals surface area contributed by atoms with E-state index in [0.29, 0.717) is 31.7 Å². The zero-order valence-electron chi connectivity index (χ0n) is 16.2. The van der Waals surface area contributed by atoms with E-state index < -0.39 is 17.3 Å². The summed E-state index contributed by atoms with van der Waals surface area (Å²) in [4.78, 5) is 8.18. The minimum absolute atomic E-state index is 0.00505. The first-order valence-corrected chi connectivity index (χ1v) is 9.36. The fourth-order valence-corrected chi connectivity index (χ4v) is 3.35. The van der Waals surface area contributed by atoms with Gasteiger partial charge in [0.25, 0.3) is 0 Å². The summed E-state index contributed by atoms with van der Waals surface area (Å²) in [5.74, 6) is 0.290. The summed E-state index contributed by atoms with van der Waals surface area (Å²) in [7, 11) is 0. The van der Waals surface area contributed by atoms with Gasteiger partial charge in [-0.15, -0.1) is 0 Å². The molecule has 0 amide bonds. The van der Waals surface area contributed by atoms with Crippen LogP contribution >= 0.6 is 0 Å². The smallest absolute Gasteiger partial charge is 0.417 e. The molecule has 1 aliphatic rings. The lowest BCUT2D eigenvalue weighted by Gasteiger charge is -2.33. The molecule has 0 aromatic carbocycles. The molecule has 1 fully saturated rings. The van der Waals surface area contributed by atoms with Crippen LogP contribution in [0.4, 0.5) is 24.9 Å². The van der Waals surface area contributed by atoms with Crippen LogP contribution in [0.15, 0.2) is 24.7 Å². The van der Waals surface area contributed by atoms with Crippen molar-refractivity contribution in [1.82, 2.24) is 9.97 Å². The van der Waals surface area contributed by atoms with Crippen molar-refractivity contribution in [3.05, 3.63) is 46.6 Å². The van der Waals surface area contributed by atoms with Crippen LogP contribution in [0, 0.1) is 16.5 Å². The first kappa shape index (κ1) is 21.6. The summed E-state index contributed by atoms with van der Waals surface area (Å²) in [5.41, 5.74) is -1.69. The van der Waals surface area contributed by atoms with Crippen LogP contribution in [0.3, 0.4) is 0 Å². The summed E-state index contributed by atoms with van der Waals surface area (Å²) in [6.07, 6.45) is 0.880. The molecule has 0 unspecified atom stereocenters. The van der Waals surface area contributed by atoms with E-state index >= 15 is 0 Å². The third kappa shape index (κ3) is 5.27. The number of nitrogens with one attached hydrogen (secondary N) is 2. The summed E-state index contributed by atoms with van der Waals surface area (Å²) in [6, 6.07) is 2.70. The monoisotopic (exact) mass is 422 g/mol. The molecular weight excluding hydrogens is 401 g/mol. The Morgan fingerprint density at radius 1 is 1.40 bits per heavy atom. The molecule has 0 atom stereocenters. The van der Waals surface area contributed by atoms with Gasteiger partial charge in [0.15, 0.2) is 12.4 Å². The van der Waals surface area contributed by atoms with Crippen LogP contribution in [-0.4, -0.2) is 26.7 Å². The number of nitrogens with zero attached hydrogens (tertiary/aromatic N) is 4. The maximum atomic E-state index is 13.1. The molecule has 3 rings (SSSR count). The number of hydrogen-bond donors (Lipinski definition) is 3. The number of nitriles is 1. The van der Waals surface area contributed by atoms with E-state index in [2.05, 4.69) is 20.6 Å². The van der Waals surface area contributed by atoms with Gasteiger partial charge in [0.1, 0.15) is 17.5 Å². The van der Waals surface area contributed by atoms with E-state index in [1.54, 1.807) is 6.92 Å². The van der Waals surface area contributed by atoms with E-state index in [1.807, 2.05) is 6.07 Å². The first-order chi connectivity index (χ1) is 14.1. The molecule has 8 nitrogen and oxygen atoms in total. The molecule has 1 aliphatic carbocycles. The van der Waals surface area contributed by atoms with Gasteiger partial charge in [0, 0.05) is 24.2 Å². The maximum absolute atomic E-state index is 13.1. The highest BCUT2D eigenvalue weighted by Gasteiger charge is 2.34. The van der Waals surface area contributed by atoms with E-state index in [1.165, 1.54) is 6.20 Å². The zero-order chi connectivity index (χ0) is 21.9. The van der Waals surface area contributed by atoms with Crippen LogP contribution in [0.25, 0.3) is 0 Å². The van der Waals surface area contributed by atoms with Crippen molar-refractivity contribution in [3.63, 3.8) is 0 Å². The lowest BCUT2D eigenvalue weighted by atomic mass is 9.83. The maximum Gasteiger partial charge on any atom is 0.417 e. The second kappa shape index (κ2) is 8.31. The highest BCUT2D eigenvalue weighted by Crippen LogP contribution is 2.32. The summed E-state index contributed by atoms with van der Waals surface area (Å²) < 4.78 is 39.7. The topological polar surface area (TPSA) is 121 Å². The molecule has 30 heavy (non-hydrogen) atoms. The minimum Gasteiger partial charge on any atom is -0.619 e. The number of pyridine rings is 1. The third-order valence-corrected chi connectivity index (χ3v) is 5.07. The van der Waals surface area contributed by atoms with Crippen LogP contribution in [0.5, 0.6) is 0 Å². The lowest BCUT2D eigenvalue weighted by Crippen LogP contribution is -2.36. The number of rotatable bonds is 5. The standard InChI is InChI=1S/C19H21F3N6O2/c1-18(29)5-2-14(3-6-18)26-16-12(8-23)9-24-17(27-16)25-10-13-11-28(30)7-4-15(13)19(20,21)22/h4,7,9,11,14,29H,2-3,5-6,10H2,1H3,(H2,24,25,26,27). The first-order valence-electron chi connectivity index (χ1n) is 9.36. The molecule has 0 bridgehead atoms. The van der Waals surface area contributed by atoms with Gasteiger partial charge in [-0.3, -0.25) is 0 Å². The van der Waals surface area contributed by atoms with Gasteiger partial charge in [-0.05, 0) is 32.6 Å². The number of aliphatic hydroxyl groups is 1. The fraction of sp³-hybridized carbons (Fsp3) is 0.474. The van der Waals surface area contributed by atoms with Gasteiger partial charge in [-0.2, -0.15) is 28.1 Å². The Hall–Kier alpha value is -3.13. The molecule has 2 aromatic rings. The normalized spacial score (nSPS) is 21.7. The van der Waals surface area contributed by atoms with Gasteiger partial charge in [0.2, 0.25) is 5.95 Å². The Morgan fingerprint density at radius 3 is 2.73 bits per heavy atom. The molecular formula is C19H21F3N6O2. The fourth-order valence-electron chi connectivity index (χ4n) is 3.35. The van der Waals surface area contributed by atoms with Crippen LogP contribution < -0.4 is 15.4 Å². The number of anilines is 2. The number of halogens is 3. The minimum atomic E-state index is -4.61. The molecule has 0 saturated heterocycles. The average molecular weight is 422 g/mol. The van der Waals surface area contributed by atoms with Gasteiger partial charge >= 0.3 is 6.18 Å². The van der Waals surface area contributed by atoms with Crippen molar-refractivity contribution in [2.24, 2.45) is 0 Å². The Morgan fingerprint density at radius 2 is 2.10 bits per heavy atom. The Kier molecular flexibility index (Phi) is 5.98. The zero-order valence-corrected chi connectivity index (χ0v) is 16.2. The predicted molar refractivity (Wildman–Crippen MR) is 101 cm³/mol. The van der Waals surface area contributed by atoms with E-state index in [4.69, 9.17) is 0 Å². The Bertz CT molecular complexity index is 948. The average Bonchev–Trinajstić information content (AvgIpc) is 2.67. The predicted octanol–water partition coefficient (Wildman–Crippen LogP) is 2.72. The van der Waals surface area contributed by atoms with Crippen LogP contribution in [-0.2, 0) is 12.7 Å². The lowest BCUT2D eigenvalue weighted by molar-refractivity contribution is -0.606. The molecule has 160 valence electrons. The SMILES string of the molecule is CC1(O)CCC(Nc2nc(NCc3c[n+]([O-])ccc3C(F)(F)F)ncc2C#N)CC1. The van der Waals surface area contributed by atoms with Gasteiger partial charge in [-0.1, -0.05) is 0 Å². The number of aromatic nitrogens is 3. The van der Waals surface area contributed by atoms with Crippen molar-refractivity contribution >= 4 is 11.8 Å². The largest absolute Gasteiger partial charge is 0.619 e. The Balaban J connectivity index is 1.75. The van der Waals surface area contributed by atoms with Crippen LogP contribution in [0.1, 0.15) is 49.3 Å². The molecule has 1 saturated carbocycles. The van der Waals surface area contributed by atoms with E-state index in [-0.39, 0.29) is 40.2 Å². The van der Waals surface area contributed by atoms with Crippen molar-refractivity contribution in [3.8, 4) is 6.07 Å². The Labute approximate surface area is 171 Å². The van der Waals surface area contributed by atoms with Crippen molar-refractivity contribution in [1.29, 1.82) is 5.26 Å². The number of alkyl halides is 3. The third-order valence-electron chi connectivity index (χ3n) is 5.07. The van der Waals surface area contributed by atoms with Gasteiger partial charge < -0.3 is 20.9 Å². The van der Waals surface area contributed by atoms with Gasteiger partial charge in [0.05, 0.1) is 17.4 Å². The highest BCUT2D eigenvalue weighted by atomic mass is 19.4. The summed E-state index contributed by atoms with van der Waals surface area (Å²) in [6.45, 7) is 1.45. The molecule has 11 heteroatoms. The molecule has 2 heterocycles. The van der Waals surface area contributed by atoms with E-state index in [9.17, 15) is 28.7 Å². The summed E-state index contributed by atoms with van der Waals surface area (Å²) >= 11 is 0. The second-order valence-corrected chi connectivity index (χ2v) is 7.58. The highest BCUT2D eigenvalue weighted by molar-refractivity contribution is 5.54. The second-order valence-electron chi connectivity index (χ2n) is 7.58. The quantitative estimate of drug-likeness (QED) is 0.500.